The van der Waals surface area contributed by atoms with Crippen molar-refractivity contribution in [3.63, 3.8) is 0 Å². The Morgan fingerprint density at radius 2 is 2.21 bits per heavy atom. The van der Waals surface area contributed by atoms with Crippen molar-refractivity contribution < 1.29 is 5.11 Å². The van der Waals surface area contributed by atoms with E-state index in [1.54, 1.807) is 11.3 Å². The van der Waals surface area contributed by atoms with Gasteiger partial charge in [-0.2, -0.15) is 0 Å². The van der Waals surface area contributed by atoms with Crippen molar-refractivity contribution >= 4 is 44.0 Å². The highest BCUT2D eigenvalue weighted by Crippen LogP contribution is 2.32. The van der Waals surface area contributed by atoms with Crippen LogP contribution in [0.15, 0.2) is 18.2 Å². The number of thiophene rings is 1. The Hall–Kier alpha value is -0.130. The van der Waals surface area contributed by atoms with E-state index >= 15 is 0 Å². The molecule has 1 nitrogen and oxygen atoms in total. The van der Waals surface area contributed by atoms with Crippen LogP contribution in [0.1, 0.15) is 17.4 Å². The number of aryl methyl sites for hydroxylation is 1. The maximum atomic E-state index is 9.31. The molecule has 14 heavy (non-hydrogen) atoms. The van der Waals surface area contributed by atoms with Gasteiger partial charge in [0.2, 0.25) is 0 Å². The molecule has 0 radical (unpaired) electrons. The van der Waals surface area contributed by atoms with Crippen LogP contribution in [-0.4, -0.2) is 5.11 Å². The van der Waals surface area contributed by atoms with Gasteiger partial charge in [0.1, 0.15) is 0 Å². The number of fused-ring (bicyclic) bond motifs is 1. The fraction of sp³-hybridized carbons (Fsp3) is 0.273. The lowest BCUT2D eigenvalue weighted by Crippen LogP contribution is -1.85. The van der Waals surface area contributed by atoms with E-state index < -0.39 is 0 Å². The summed E-state index contributed by atoms with van der Waals surface area (Å²) in [4.78, 5) is 1.31. The van der Waals surface area contributed by atoms with Crippen molar-refractivity contribution in [1.82, 2.24) is 0 Å². The quantitative estimate of drug-likeness (QED) is 0.840. The van der Waals surface area contributed by atoms with Crippen LogP contribution < -0.4 is 0 Å². The lowest BCUT2D eigenvalue weighted by molar-refractivity contribution is 0.283. The molecule has 1 aromatic heterocycles. The lowest BCUT2D eigenvalue weighted by atomic mass is 10.1. The third kappa shape index (κ3) is 1.68. The molecule has 3 heteroatoms. The first-order valence-corrected chi connectivity index (χ1v) is 6.46. The Bertz CT molecular complexity index is 462. The first-order chi connectivity index (χ1) is 6.76. The smallest absolute Gasteiger partial charge is 0.0698 e. The van der Waals surface area contributed by atoms with Crippen LogP contribution in [0.2, 0.25) is 0 Å². The number of aliphatic hydroxyl groups is 1. The van der Waals surface area contributed by atoms with Crippen molar-refractivity contribution in [2.24, 2.45) is 0 Å². The zero-order valence-corrected chi connectivity index (χ0v) is 10.9. The highest BCUT2D eigenvalue weighted by Gasteiger charge is 2.09. The van der Waals surface area contributed by atoms with Gasteiger partial charge in [-0.15, -0.1) is 11.3 Å². The number of halogens is 1. The van der Waals surface area contributed by atoms with E-state index in [-0.39, 0.29) is 6.61 Å². The zero-order chi connectivity index (χ0) is 10.1. The van der Waals surface area contributed by atoms with E-state index in [4.69, 9.17) is 0 Å². The SMILES string of the molecule is CCc1sc2cc(I)ccc2c1CO. The van der Waals surface area contributed by atoms with Crippen molar-refractivity contribution in [2.45, 2.75) is 20.0 Å². The average Bonchev–Trinajstić information content (AvgIpc) is 2.54. The summed E-state index contributed by atoms with van der Waals surface area (Å²) in [5.41, 5.74) is 1.11. The largest absolute Gasteiger partial charge is 0.392 e. The standard InChI is InChI=1S/C11H11IOS/c1-2-10-9(6-13)8-4-3-7(12)5-11(8)14-10/h3-5,13H,2,6H2,1H3. The number of hydrogen-bond donors (Lipinski definition) is 1. The third-order valence-electron chi connectivity index (χ3n) is 2.32. The Morgan fingerprint density at radius 3 is 2.86 bits per heavy atom. The molecule has 0 amide bonds. The summed E-state index contributed by atoms with van der Waals surface area (Å²) in [6.07, 6.45) is 1.01. The fourth-order valence-corrected chi connectivity index (χ4v) is 3.53. The van der Waals surface area contributed by atoms with Gasteiger partial charge in [0.15, 0.2) is 0 Å². The highest BCUT2D eigenvalue weighted by atomic mass is 127. The molecule has 0 spiro atoms. The van der Waals surface area contributed by atoms with Gasteiger partial charge in [0.25, 0.3) is 0 Å². The Balaban J connectivity index is 2.73. The molecule has 0 aliphatic heterocycles. The molecule has 1 aromatic carbocycles. The molecule has 2 aromatic rings. The first kappa shape index (κ1) is 10.4. The van der Waals surface area contributed by atoms with Crippen LogP contribution >= 0.6 is 33.9 Å². The number of hydrogen-bond acceptors (Lipinski definition) is 2. The van der Waals surface area contributed by atoms with E-state index in [9.17, 15) is 5.11 Å². The zero-order valence-electron chi connectivity index (χ0n) is 7.88. The lowest BCUT2D eigenvalue weighted by Gasteiger charge is -1.96. The second kappa shape index (κ2) is 4.16. The minimum Gasteiger partial charge on any atom is -0.392 e. The number of aliphatic hydroxyl groups excluding tert-OH is 1. The summed E-state index contributed by atoms with van der Waals surface area (Å²) in [7, 11) is 0. The van der Waals surface area contributed by atoms with Gasteiger partial charge in [-0.05, 0) is 52.1 Å². The minimum absolute atomic E-state index is 0.157. The van der Waals surface area contributed by atoms with Crippen LogP contribution in [0.4, 0.5) is 0 Å². The van der Waals surface area contributed by atoms with Crippen molar-refractivity contribution in [3.8, 4) is 0 Å². The summed E-state index contributed by atoms with van der Waals surface area (Å²) in [5.74, 6) is 0. The molecule has 0 atom stereocenters. The number of benzene rings is 1. The molecule has 1 heterocycles. The average molecular weight is 318 g/mol. The topological polar surface area (TPSA) is 20.2 Å². The van der Waals surface area contributed by atoms with Crippen molar-refractivity contribution in [1.29, 1.82) is 0 Å². The van der Waals surface area contributed by atoms with Gasteiger partial charge < -0.3 is 5.11 Å². The minimum atomic E-state index is 0.157. The van der Waals surface area contributed by atoms with Crippen LogP contribution in [0.5, 0.6) is 0 Å². The Morgan fingerprint density at radius 1 is 1.43 bits per heavy atom. The summed E-state index contributed by atoms with van der Waals surface area (Å²) >= 11 is 4.12. The summed E-state index contributed by atoms with van der Waals surface area (Å²) < 4.78 is 2.54. The maximum Gasteiger partial charge on any atom is 0.0698 e. The summed E-state index contributed by atoms with van der Waals surface area (Å²) in [6, 6.07) is 6.38. The van der Waals surface area contributed by atoms with Gasteiger partial charge in [-0.3, -0.25) is 0 Å². The van der Waals surface area contributed by atoms with E-state index in [0.717, 1.165) is 12.0 Å². The van der Waals surface area contributed by atoms with Gasteiger partial charge in [-0.1, -0.05) is 13.0 Å². The van der Waals surface area contributed by atoms with Crippen LogP contribution in [0.3, 0.4) is 0 Å². The van der Waals surface area contributed by atoms with Crippen LogP contribution in [0, 0.1) is 3.57 Å². The van der Waals surface area contributed by atoms with E-state index in [1.165, 1.54) is 18.5 Å². The number of rotatable bonds is 2. The fourth-order valence-electron chi connectivity index (χ4n) is 1.63. The van der Waals surface area contributed by atoms with E-state index in [2.05, 4.69) is 47.7 Å². The van der Waals surface area contributed by atoms with Gasteiger partial charge in [0, 0.05) is 13.1 Å². The molecule has 0 bridgehead atoms. The van der Waals surface area contributed by atoms with Crippen LogP contribution in [-0.2, 0) is 13.0 Å². The van der Waals surface area contributed by atoms with Crippen molar-refractivity contribution in [3.05, 3.63) is 32.2 Å². The molecule has 0 fully saturated rings. The molecule has 0 aliphatic carbocycles. The molecule has 0 unspecified atom stereocenters. The molecule has 0 saturated carbocycles. The molecule has 0 aliphatic rings. The molecular weight excluding hydrogens is 307 g/mol. The molecule has 2 rings (SSSR count). The van der Waals surface area contributed by atoms with E-state index in [1.807, 2.05) is 0 Å². The van der Waals surface area contributed by atoms with E-state index in [0.29, 0.717) is 0 Å². The third-order valence-corrected chi connectivity index (χ3v) is 4.33. The van der Waals surface area contributed by atoms with Crippen molar-refractivity contribution in [2.75, 3.05) is 0 Å². The van der Waals surface area contributed by atoms with Gasteiger partial charge >= 0.3 is 0 Å². The summed E-state index contributed by atoms with van der Waals surface area (Å²) in [6.45, 7) is 2.29. The Kier molecular flexibility index (Phi) is 3.09. The Labute approximate surface area is 101 Å². The van der Waals surface area contributed by atoms with Gasteiger partial charge in [-0.25, -0.2) is 0 Å². The molecule has 1 N–H and O–H groups in total. The monoisotopic (exact) mass is 318 g/mol. The second-order valence-corrected chi connectivity index (χ2v) is 5.54. The normalized spacial score (nSPS) is 11.1. The van der Waals surface area contributed by atoms with Gasteiger partial charge in [0.05, 0.1) is 6.61 Å². The predicted molar refractivity (Wildman–Crippen MR) is 69.8 cm³/mol. The first-order valence-electron chi connectivity index (χ1n) is 4.57. The molecule has 74 valence electrons. The second-order valence-electron chi connectivity index (χ2n) is 3.16. The summed E-state index contributed by atoms with van der Waals surface area (Å²) in [5, 5.41) is 10.5. The highest BCUT2D eigenvalue weighted by molar-refractivity contribution is 14.1. The molecule has 0 saturated heterocycles. The molecular formula is C11H11IOS. The predicted octanol–water partition coefficient (Wildman–Crippen LogP) is 3.56. The maximum absolute atomic E-state index is 9.31. The van der Waals surface area contributed by atoms with Crippen LogP contribution in [0.25, 0.3) is 10.1 Å².